The van der Waals surface area contributed by atoms with Crippen molar-refractivity contribution < 1.29 is 4.39 Å². The number of hydrogen-bond acceptors (Lipinski definition) is 1. The molecule has 0 atom stereocenters. The van der Waals surface area contributed by atoms with Gasteiger partial charge in [-0.2, -0.15) is 0 Å². The van der Waals surface area contributed by atoms with Crippen LogP contribution in [0.15, 0.2) is 48.5 Å². The van der Waals surface area contributed by atoms with Gasteiger partial charge < -0.3 is 0 Å². The number of halogens is 1. The van der Waals surface area contributed by atoms with Gasteiger partial charge in [-0.15, -0.1) is 11.3 Å². The van der Waals surface area contributed by atoms with E-state index in [2.05, 4.69) is 17.5 Å². The number of rotatable bonds is 1. The molecule has 0 nitrogen and oxygen atoms in total. The molecule has 1 aromatic heterocycles. The van der Waals surface area contributed by atoms with Crippen LogP contribution in [0.3, 0.4) is 0 Å². The molecular formula is C14H8FS. The van der Waals surface area contributed by atoms with Gasteiger partial charge in [0.05, 0.1) is 0 Å². The molecule has 1 heterocycles. The van der Waals surface area contributed by atoms with Gasteiger partial charge in [-0.1, -0.05) is 30.3 Å². The molecule has 2 aromatic carbocycles. The predicted octanol–water partition coefficient (Wildman–Crippen LogP) is 4.51. The molecule has 0 saturated heterocycles. The Morgan fingerprint density at radius 3 is 2.62 bits per heavy atom. The Kier molecular flexibility index (Phi) is 2.22. The van der Waals surface area contributed by atoms with Crippen molar-refractivity contribution in [2.45, 2.75) is 0 Å². The standard InChI is InChI=1S/C14H8FS/c15-12-6-4-10(5-7-12)13-3-1-2-11-8-9-16-14(11)13/h1-8H. The van der Waals surface area contributed by atoms with Crippen molar-refractivity contribution >= 4 is 21.4 Å². The van der Waals surface area contributed by atoms with E-state index in [0.29, 0.717) is 0 Å². The SMILES string of the molecule is Fc1ccc(-c2cccc3c[c]sc23)cc1. The van der Waals surface area contributed by atoms with Crippen LogP contribution in [-0.2, 0) is 0 Å². The van der Waals surface area contributed by atoms with Gasteiger partial charge in [-0.3, -0.25) is 0 Å². The van der Waals surface area contributed by atoms with Crippen LogP contribution < -0.4 is 0 Å². The normalized spacial score (nSPS) is 10.8. The third-order valence-corrected chi connectivity index (χ3v) is 3.47. The first-order valence-electron chi connectivity index (χ1n) is 4.99. The second-order valence-electron chi connectivity index (χ2n) is 3.60. The summed E-state index contributed by atoms with van der Waals surface area (Å²) < 4.78 is 14.1. The lowest BCUT2D eigenvalue weighted by Gasteiger charge is -2.02. The fourth-order valence-electron chi connectivity index (χ4n) is 1.79. The van der Waals surface area contributed by atoms with E-state index in [1.54, 1.807) is 11.3 Å². The first kappa shape index (κ1) is 9.55. The number of benzene rings is 2. The molecule has 77 valence electrons. The van der Waals surface area contributed by atoms with E-state index in [1.165, 1.54) is 22.2 Å². The maximum atomic E-state index is 12.9. The van der Waals surface area contributed by atoms with E-state index in [0.717, 1.165) is 11.1 Å². The van der Waals surface area contributed by atoms with Crippen molar-refractivity contribution in [1.82, 2.24) is 0 Å². The summed E-state index contributed by atoms with van der Waals surface area (Å²) in [5.41, 5.74) is 2.19. The molecule has 0 aliphatic rings. The summed E-state index contributed by atoms with van der Waals surface area (Å²) in [6.45, 7) is 0. The van der Waals surface area contributed by atoms with Crippen molar-refractivity contribution in [3.63, 3.8) is 0 Å². The molecule has 0 aliphatic carbocycles. The lowest BCUT2D eigenvalue weighted by atomic mass is 10.0. The first-order valence-corrected chi connectivity index (χ1v) is 5.81. The topological polar surface area (TPSA) is 0 Å². The summed E-state index contributed by atoms with van der Waals surface area (Å²) in [6.07, 6.45) is 0. The summed E-state index contributed by atoms with van der Waals surface area (Å²) in [5.74, 6) is -0.200. The molecular weight excluding hydrogens is 219 g/mol. The summed E-state index contributed by atoms with van der Waals surface area (Å²) in [7, 11) is 0. The van der Waals surface area contributed by atoms with Gasteiger partial charge in [0.15, 0.2) is 0 Å². The van der Waals surface area contributed by atoms with Gasteiger partial charge in [0.2, 0.25) is 0 Å². The monoisotopic (exact) mass is 227 g/mol. The third kappa shape index (κ3) is 1.51. The smallest absolute Gasteiger partial charge is 0.123 e. The van der Waals surface area contributed by atoms with Gasteiger partial charge >= 0.3 is 0 Å². The molecule has 16 heavy (non-hydrogen) atoms. The van der Waals surface area contributed by atoms with Crippen LogP contribution in [0, 0.1) is 11.2 Å². The predicted molar refractivity (Wildman–Crippen MR) is 66.1 cm³/mol. The number of hydrogen-bond donors (Lipinski definition) is 0. The highest BCUT2D eigenvalue weighted by atomic mass is 32.1. The Balaban J connectivity index is 2.25. The molecule has 2 heteroatoms. The van der Waals surface area contributed by atoms with Crippen molar-refractivity contribution in [2.75, 3.05) is 0 Å². The Labute approximate surface area is 97.0 Å². The summed E-state index contributed by atoms with van der Waals surface area (Å²) in [4.78, 5) is 0. The van der Waals surface area contributed by atoms with Gasteiger partial charge in [0.25, 0.3) is 0 Å². The molecule has 3 aromatic rings. The zero-order valence-electron chi connectivity index (χ0n) is 8.41. The molecule has 3 rings (SSSR count). The van der Waals surface area contributed by atoms with E-state index in [-0.39, 0.29) is 5.82 Å². The molecule has 0 unspecified atom stereocenters. The van der Waals surface area contributed by atoms with Crippen molar-refractivity contribution in [1.29, 1.82) is 0 Å². The minimum absolute atomic E-state index is 0.200. The minimum atomic E-state index is -0.200. The van der Waals surface area contributed by atoms with Crippen LogP contribution in [0.25, 0.3) is 21.2 Å². The van der Waals surface area contributed by atoms with Crippen LogP contribution in [-0.4, -0.2) is 0 Å². The summed E-state index contributed by atoms with van der Waals surface area (Å²) >= 11 is 1.59. The van der Waals surface area contributed by atoms with Crippen molar-refractivity contribution in [2.24, 2.45) is 0 Å². The van der Waals surface area contributed by atoms with Gasteiger partial charge in [0.1, 0.15) is 5.82 Å². The van der Waals surface area contributed by atoms with Crippen LogP contribution in [0.2, 0.25) is 0 Å². The Bertz CT molecular complexity index is 623. The highest BCUT2D eigenvalue weighted by molar-refractivity contribution is 7.17. The molecule has 0 spiro atoms. The Hall–Kier alpha value is -1.67. The van der Waals surface area contributed by atoms with Crippen LogP contribution in [0.4, 0.5) is 4.39 Å². The molecule has 0 aliphatic heterocycles. The summed E-state index contributed by atoms with van der Waals surface area (Å²) in [6, 6.07) is 14.7. The zero-order chi connectivity index (χ0) is 11.0. The maximum Gasteiger partial charge on any atom is 0.123 e. The molecule has 0 bridgehead atoms. The molecule has 1 radical (unpaired) electrons. The quantitative estimate of drug-likeness (QED) is 0.574. The molecule has 0 amide bonds. The first-order chi connectivity index (χ1) is 7.84. The van der Waals surface area contributed by atoms with Crippen LogP contribution >= 0.6 is 11.3 Å². The number of fused-ring (bicyclic) bond motifs is 1. The second kappa shape index (κ2) is 3.72. The lowest BCUT2D eigenvalue weighted by molar-refractivity contribution is 0.628. The minimum Gasteiger partial charge on any atom is -0.207 e. The summed E-state index contributed by atoms with van der Waals surface area (Å²) in [5, 5.41) is 4.31. The van der Waals surface area contributed by atoms with E-state index < -0.39 is 0 Å². The maximum absolute atomic E-state index is 12.9. The largest absolute Gasteiger partial charge is 0.207 e. The van der Waals surface area contributed by atoms with Crippen LogP contribution in [0.1, 0.15) is 0 Å². The zero-order valence-corrected chi connectivity index (χ0v) is 9.22. The molecule has 0 saturated carbocycles. The Morgan fingerprint density at radius 2 is 1.81 bits per heavy atom. The fraction of sp³-hybridized carbons (Fsp3) is 0. The fourth-order valence-corrected chi connectivity index (χ4v) is 2.64. The average Bonchev–Trinajstić information content (AvgIpc) is 2.78. The van der Waals surface area contributed by atoms with E-state index in [4.69, 9.17) is 0 Å². The highest BCUT2D eigenvalue weighted by Gasteiger charge is 2.04. The van der Waals surface area contributed by atoms with E-state index >= 15 is 0 Å². The molecule has 0 fully saturated rings. The van der Waals surface area contributed by atoms with E-state index in [9.17, 15) is 4.39 Å². The highest BCUT2D eigenvalue weighted by Crippen LogP contribution is 2.32. The van der Waals surface area contributed by atoms with E-state index in [1.807, 2.05) is 24.3 Å². The van der Waals surface area contributed by atoms with Crippen molar-refractivity contribution in [3.8, 4) is 11.1 Å². The second-order valence-corrected chi connectivity index (χ2v) is 4.44. The van der Waals surface area contributed by atoms with Crippen molar-refractivity contribution in [3.05, 3.63) is 59.7 Å². The van der Waals surface area contributed by atoms with Gasteiger partial charge in [0, 0.05) is 10.1 Å². The van der Waals surface area contributed by atoms with Gasteiger partial charge in [-0.05, 0) is 34.7 Å². The van der Waals surface area contributed by atoms with Gasteiger partial charge in [-0.25, -0.2) is 4.39 Å². The van der Waals surface area contributed by atoms with Crippen LogP contribution in [0.5, 0.6) is 0 Å². The molecule has 0 N–H and O–H groups in total. The lowest BCUT2D eigenvalue weighted by Crippen LogP contribution is -1.78. The number of thiophene rings is 1. The Morgan fingerprint density at radius 1 is 1.00 bits per heavy atom. The average molecular weight is 227 g/mol. The third-order valence-electron chi connectivity index (χ3n) is 2.58.